The van der Waals surface area contributed by atoms with Crippen molar-refractivity contribution >= 4 is 5.82 Å². The second-order valence-electron chi connectivity index (χ2n) is 5.04. The maximum atomic E-state index is 5.88. The average molecular weight is 244 g/mol. The molecule has 2 rings (SSSR count). The molecule has 2 aromatic rings. The molecule has 4 heteroatoms. The zero-order valence-corrected chi connectivity index (χ0v) is 11.4. The molecule has 4 nitrogen and oxygen atoms in total. The third kappa shape index (κ3) is 2.23. The van der Waals surface area contributed by atoms with Crippen LogP contribution in [0.25, 0.3) is 0 Å². The van der Waals surface area contributed by atoms with E-state index in [0.717, 1.165) is 12.2 Å². The van der Waals surface area contributed by atoms with Crippen molar-refractivity contribution in [3.63, 3.8) is 0 Å². The van der Waals surface area contributed by atoms with Gasteiger partial charge in [-0.15, -0.1) is 5.10 Å². The number of aryl methyl sites for hydroxylation is 2. The van der Waals surface area contributed by atoms with Crippen molar-refractivity contribution < 1.29 is 0 Å². The van der Waals surface area contributed by atoms with Gasteiger partial charge in [0.15, 0.2) is 5.82 Å². The van der Waals surface area contributed by atoms with E-state index in [0.29, 0.717) is 11.7 Å². The highest BCUT2D eigenvalue weighted by molar-refractivity contribution is 5.38. The van der Waals surface area contributed by atoms with E-state index in [1.807, 2.05) is 4.68 Å². The standard InChI is InChI=1S/C14H20N4/c1-9(2)13-14(15)16-17-18(13)8-12-10(3)6-5-7-11(12)4/h5-7,9H,8,15H2,1-4H3. The highest BCUT2D eigenvalue weighted by Crippen LogP contribution is 2.22. The monoisotopic (exact) mass is 244 g/mol. The average Bonchev–Trinajstić information content (AvgIpc) is 2.65. The maximum Gasteiger partial charge on any atom is 0.169 e. The molecule has 0 aliphatic rings. The zero-order chi connectivity index (χ0) is 13.3. The van der Waals surface area contributed by atoms with Gasteiger partial charge in [-0.1, -0.05) is 37.3 Å². The lowest BCUT2D eigenvalue weighted by Gasteiger charge is -2.13. The Morgan fingerprint density at radius 1 is 1.22 bits per heavy atom. The molecule has 0 radical (unpaired) electrons. The normalized spacial score (nSPS) is 11.2. The number of nitrogens with zero attached hydrogens (tertiary/aromatic N) is 3. The lowest BCUT2D eigenvalue weighted by atomic mass is 10.0. The summed E-state index contributed by atoms with van der Waals surface area (Å²) in [4.78, 5) is 0. The van der Waals surface area contributed by atoms with Gasteiger partial charge in [-0.25, -0.2) is 4.68 Å². The van der Waals surface area contributed by atoms with Crippen LogP contribution in [0.1, 0.15) is 42.1 Å². The fourth-order valence-corrected chi connectivity index (χ4v) is 2.29. The molecule has 0 unspecified atom stereocenters. The number of aromatic nitrogens is 3. The molecule has 1 heterocycles. The van der Waals surface area contributed by atoms with E-state index in [1.165, 1.54) is 16.7 Å². The molecule has 96 valence electrons. The fraction of sp³-hybridized carbons (Fsp3) is 0.429. The summed E-state index contributed by atoms with van der Waals surface area (Å²) in [5, 5.41) is 8.14. The minimum absolute atomic E-state index is 0.323. The van der Waals surface area contributed by atoms with Crippen molar-refractivity contribution in [2.24, 2.45) is 0 Å². The number of nitrogens with two attached hydrogens (primary N) is 1. The van der Waals surface area contributed by atoms with Crippen LogP contribution in [0.3, 0.4) is 0 Å². The topological polar surface area (TPSA) is 56.7 Å². The minimum Gasteiger partial charge on any atom is -0.381 e. The first-order valence-electron chi connectivity index (χ1n) is 6.24. The molecule has 0 spiro atoms. The molecule has 0 amide bonds. The quantitative estimate of drug-likeness (QED) is 0.903. The predicted molar refractivity (Wildman–Crippen MR) is 73.5 cm³/mol. The predicted octanol–water partition coefficient (Wildman–Crippen LogP) is 2.65. The van der Waals surface area contributed by atoms with Crippen LogP contribution in [0.5, 0.6) is 0 Å². The summed E-state index contributed by atoms with van der Waals surface area (Å²) in [7, 11) is 0. The number of rotatable bonds is 3. The molecule has 0 aliphatic carbocycles. The second-order valence-corrected chi connectivity index (χ2v) is 5.04. The van der Waals surface area contributed by atoms with Crippen LogP contribution in [0, 0.1) is 13.8 Å². The van der Waals surface area contributed by atoms with E-state index in [4.69, 9.17) is 5.73 Å². The van der Waals surface area contributed by atoms with Crippen molar-refractivity contribution in [1.29, 1.82) is 0 Å². The van der Waals surface area contributed by atoms with Crippen LogP contribution >= 0.6 is 0 Å². The Bertz CT molecular complexity index is 535. The van der Waals surface area contributed by atoms with Crippen molar-refractivity contribution in [3.8, 4) is 0 Å². The summed E-state index contributed by atoms with van der Waals surface area (Å²) in [5.74, 6) is 0.862. The zero-order valence-electron chi connectivity index (χ0n) is 11.4. The number of hydrogen-bond donors (Lipinski definition) is 1. The first kappa shape index (κ1) is 12.6. The Morgan fingerprint density at radius 2 is 1.83 bits per heavy atom. The first-order valence-corrected chi connectivity index (χ1v) is 6.24. The van der Waals surface area contributed by atoms with Gasteiger partial charge in [0.2, 0.25) is 0 Å². The molecule has 0 saturated carbocycles. The molecule has 0 aliphatic heterocycles. The van der Waals surface area contributed by atoms with E-state index in [2.05, 4.69) is 56.2 Å². The second kappa shape index (κ2) is 4.80. The van der Waals surface area contributed by atoms with Crippen LogP contribution in [-0.4, -0.2) is 15.0 Å². The van der Waals surface area contributed by atoms with Gasteiger partial charge in [-0.2, -0.15) is 0 Å². The van der Waals surface area contributed by atoms with Gasteiger partial charge in [0, 0.05) is 0 Å². The number of anilines is 1. The summed E-state index contributed by atoms with van der Waals surface area (Å²) in [5.41, 5.74) is 10.7. The Kier molecular flexibility index (Phi) is 3.36. The molecular formula is C14H20N4. The highest BCUT2D eigenvalue weighted by atomic mass is 15.4. The number of benzene rings is 1. The number of hydrogen-bond acceptors (Lipinski definition) is 3. The van der Waals surface area contributed by atoms with Gasteiger partial charge >= 0.3 is 0 Å². The Labute approximate surface area is 108 Å². The largest absolute Gasteiger partial charge is 0.381 e. The summed E-state index contributed by atoms with van der Waals surface area (Å²) in [6.07, 6.45) is 0. The molecule has 1 aromatic heterocycles. The number of nitrogen functional groups attached to an aromatic ring is 1. The van der Waals surface area contributed by atoms with Crippen molar-refractivity contribution in [3.05, 3.63) is 40.6 Å². The molecule has 0 bridgehead atoms. The van der Waals surface area contributed by atoms with Gasteiger partial charge in [-0.05, 0) is 36.5 Å². The summed E-state index contributed by atoms with van der Waals surface area (Å²) < 4.78 is 1.91. The van der Waals surface area contributed by atoms with E-state index in [9.17, 15) is 0 Å². The van der Waals surface area contributed by atoms with Gasteiger partial charge in [0.05, 0.1) is 12.2 Å². The third-order valence-electron chi connectivity index (χ3n) is 3.30. The van der Waals surface area contributed by atoms with Gasteiger partial charge in [0.25, 0.3) is 0 Å². The van der Waals surface area contributed by atoms with Gasteiger partial charge < -0.3 is 5.73 Å². The Hall–Kier alpha value is -1.84. The van der Waals surface area contributed by atoms with Crippen LogP contribution < -0.4 is 5.73 Å². The lowest BCUT2D eigenvalue weighted by Crippen LogP contribution is -2.10. The van der Waals surface area contributed by atoms with E-state index in [-0.39, 0.29) is 0 Å². The minimum atomic E-state index is 0.323. The van der Waals surface area contributed by atoms with Gasteiger partial charge in [0.1, 0.15) is 0 Å². The maximum absolute atomic E-state index is 5.88. The molecule has 2 N–H and O–H groups in total. The van der Waals surface area contributed by atoms with E-state index >= 15 is 0 Å². The smallest absolute Gasteiger partial charge is 0.169 e. The SMILES string of the molecule is Cc1cccc(C)c1Cn1nnc(N)c1C(C)C. The molecule has 1 aromatic carbocycles. The molecule has 0 atom stereocenters. The van der Waals surface area contributed by atoms with Crippen molar-refractivity contribution in [2.45, 2.75) is 40.2 Å². The lowest BCUT2D eigenvalue weighted by molar-refractivity contribution is 0.595. The Morgan fingerprint density at radius 3 is 2.39 bits per heavy atom. The molecule has 0 saturated heterocycles. The molecule has 0 fully saturated rings. The highest BCUT2D eigenvalue weighted by Gasteiger charge is 2.15. The molecular weight excluding hydrogens is 224 g/mol. The van der Waals surface area contributed by atoms with Crippen molar-refractivity contribution in [2.75, 3.05) is 5.73 Å². The van der Waals surface area contributed by atoms with E-state index < -0.39 is 0 Å². The van der Waals surface area contributed by atoms with Crippen molar-refractivity contribution in [1.82, 2.24) is 15.0 Å². The van der Waals surface area contributed by atoms with Crippen LogP contribution in [0.4, 0.5) is 5.82 Å². The summed E-state index contributed by atoms with van der Waals surface area (Å²) in [6.45, 7) is 9.19. The van der Waals surface area contributed by atoms with Crippen LogP contribution in [0.2, 0.25) is 0 Å². The fourth-order valence-electron chi connectivity index (χ4n) is 2.29. The first-order chi connectivity index (χ1) is 8.50. The molecule has 18 heavy (non-hydrogen) atoms. The van der Waals surface area contributed by atoms with E-state index in [1.54, 1.807) is 0 Å². The summed E-state index contributed by atoms with van der Waals surface area (Å²) >= 11 is 0. The third-order valence-corrected chi connectivity index (χ3v) is 3.30. The summed E-state index contributed by atoms with van der Waals surface area (Å²) in [6, 6.07) is 6.32. The van der Waals surface area contributed by atoms with Gasteiger partial charge in [-0.3, -0.25) is 0 Å². The van der Waals surface area contributed by atoms with Crippen LogP contribution in [0.15, 0.2) is 18.2 Å². The Balaban J connectivity index is 2.41. The van der Waals surface area contributed by atoms with Crippen LogP contribution in [-0.2, 0) is 6.54 Å².